The average molecular weight is 643 g/mol. The summed E-state index contributed by atoms with van der Waals surface area (Å²) in [5.41, 5.74) is 0. The second kappa shape index (κ2) is 13.4. The Balaban J connectivity index is 2.65. The highest BCUT2D eigenvalue weighted by Crippen LogP contribution is 2.33. The molecule has 0 radical (unpaired) electrons. The van der Waals surface area contributed by atoms with Gasteiger partial charge in [-0.15, -0.1) is 0 Å². The van der Waals surface area contributed by atoms with Crippen molar-refractivity contribution in [1.29, 1.82) is 0 Å². The topological polar surface area (TPSA) is 27.7 Å². The van der Waals surface area contributed by atoms with E-state index in [9.17, 15) is 52.7 Å². The fourth-order valence-corrected chi connectivity index (χ4v) is 13.5. The molecule has 0 saturated heterocycles. The van der Waals surface area contributed by atoms with Crippen molar-refractivity contribution in [2.75, 3.05) is 0 Å². The van der Waals surface area contributed by atoms with Gasteiger partial charge in [-0.2, -0.15) is 52.7 Å². The Morgan fingerprint density at radius 2 is 0.951 bits per heavy atom. The SMILES string of the molecule is C[Si](CCC(F)(F)F)(O[Si](C)(CCC(F)(F)F)c1cccc(OC(F)=C(F)F)c1)c1cccc(OC(F)=C(F)F)c1. The Bertz CT molecular complexity index is 1160. The maximum absolute atomic E-state index is 13.4. The molecular weight excluding hydrogens is 620 g/mol. The van der Waals surface area contributed by atoms with Crippen molar-refractivity contribution in [3.8, 4) is 11.5 Å². The number of hydrogen-bond acceptors (Lipinski definition) is 3. The van der Waals surface area contributed by atoms with Crippen LogP contribution in [0.3, 0.4) is 0 Å². The number of rotatable bonds is 12. The third-order valence-electron chi connectivity index (χ3n) is 5.82. The van der Waals surface area contributed by atoms with Gasteiger partial charge in [0.15, 0.2) is 0 Å². The van der Waals surface area contributed by atoms with Gasteiger partial charge in [0.25, 0.3) is 0 Å². The van der Waals surface area contributed by atoms with Crippen molar-refractivity contribution in [1.82, 2.24) is 0 Å². The standard InChI is InChI=1S/C24H22F12O3Si2/c1-40(11-9-23(31,32)33,17-7-3-5-15(13-17)37-21(29)19(25)26)39-41(2,12-10-24(34,35)36)18-8-4-6-16(14-18)38-22(30)20(27)28/h3-8,13-14H,9-12H2,1-2H3. The van der Waals surface area contributed by atoms with Crippen LogP contribution in [0.4, 0.5) is 52.7 Å². The zero-order valence-corrected chi connectivity index (χ0v) is 23.2. The quantitative estimate of drug-likeness (QED) is 0.132. The molecule has 0 fully saturated rings. The van der Waals surface area contributed by atoms with Crippen LogP contribution in [0.1, 0.15) is 12.8 Å². The van der Waals surface area contributed by atoms with Gasteiger partial charge >= 0.3 is 36.5 Å². The number of hydrogen-bond donors (Lipinski definition) is 0. The summed E-state index contributed by atoms with van der Waals surface area (Å²) in [6.45, 7) is 2.50. The highest BCUT2D eigenvalue weighted by molar-refractivity contribution is 6.98. The number of halogens is 12. The van der Waals surface area contributed by atoms with Crippen LogP contribution in [0, 0.1) is 0 Å². The Morgan fingerprint density at radius 3 is 1.24 bits per heavy atom. The van der Waals surface area contributed by atoms with E-state index >= 15 is 0 Å². The van der Waals surface area contributed by atoms with Crippen molar-refractivity contribution < 1.29 is 66.3 Å². The molecule has 2 aromatic carbocycles. The van der Waals surface area contributed by atoms with E-state index in [4.69, 9.17) is 4.12 Å². The molecule has 3 nitrogen and oxygen atoms in total. The van der Waals surface area contributed by atoms with Gasteiger partial charge in [0.2, 0.25) is 16.6 Å². The predicted octanol–water partition coefficient (Wildman–Crippen LogP) is 8.70. The minimum absolute atomic E-state index is 0.0436. The molecule has 2 unspecified atom stereocenters. The third kappa shape index (κ3) is 10.8. The minimum Gasteiger partial charge on any atom is -0.448 e. The molecule has 228 valence electrons. The molecule has 0 amide bonds. The zero-order valence-electron chi connectivity index (χ0n) is 21.2. The van der Waals surface area contributed by atoms with E-state index in [-0.39, 0.29) is 10.4 Å². The van der Waals surface area contributed by atoms with Gasteiger partial charge < -0.3 is 13.6 Å². The Hall–Kier alpha value is -2.93. The maximum Gasteiger partial charge on any atom is 0.388 e. The van der Waals surface area contributed by atoms with Gasteiger partial charge in [-0.05, 0) is 59.8 Å². The molecule has 41 heavy (non-hydrogen) atoms. The van der Waals surface area contributed by atoms with Gasteiger partial charge in [-0.3, -0.25) is 0 Å². The van der Waals surface area contributed by atoms with E-state index in [2.05, 4.69) is 9.47 Å². The lowest BCUT2D eigenvalue weighted by Crippen LogP contribution is -2.61. The van der Waals surface area contributed by atoms with Crippen LogP contribution < -0.4 is 19.8 Å². The van der Waals surface area contributed by atoms with Crippen molar-refractivity contribution in [2.24, 2.45) is 0 Å². The second-order valence-electron chi connectivity index (χ2n) is 9.12. The van der Waals surface area contributed by atoms with E-state index in [0.717, 1.165) is 36.4 Å². The van der Waals surface area contributed by atoms with Gasteiger partial charge in [-0.25, -0.2) is 0 Å². The fraction of sp³-hybridized carbons (Fsp3) is 0.333. The zero-order chi connectivity index (χ0) is 31.2. The molecule has 0 saturated carbocycles. The largest absolute Gasteiger partial charge is 0.448 e. The molecule has 0 aliphatic carbocycles. The van der Waals surface area contributed by atoms with Crippen molar-refractivity contribution in [3.63, 3.8) is 0 Å². The predicted molar refractivity (Wildman–Crippen MR) is 129 cm³/mol. The van der Waals surface area contributed by atoms with E-state index in [0.29, 0.717) is 0 Å². The number of benzene rings is 2. The molecule has 2 atom stereocenters. The van der Waals surface area contributed by atoms with Crippen LogP contribution in [-0.2, 0) is 4.12 Å². The van der Waals surface area contributed by atoms with E-state index in [1.165, 1.54) is 25.2 Å². The monoisotopic (exact) mass is 642 g/mol. The first-order valence-corrected chi connectivity index (χ1v) is 16.8. The summed E-state index contributed by atoms with van der Waals surface area (Å²) in [6.07, 6.45) is -17.9. The molecular formula is C24H22F12O3Si2. The third-order valence-corrected chi connectivity index (χ3v) is 14.9. The first-order valence-electron chi connectivity index (χ1n) is 11.5. The number of alkyl halides is 6. The van der Waals surface area contributed by atoms with Crippen LogP contribution in [0.5, 0.6) is 11.5 Å². The van der Waals surface area contributed by atoms with E-state index in [1.54, 1.807) is 0 Å². The maximum atomic E-state index is 13.4. The van der Waals surface area contributed by atoms with Crippen molar-refractivity contribution in [2.45, 2.75) is 50.4 Å². The molecule has 0 aliphatic heterocycles. The van der Waals surface area contributed by atoms with Crippen molar-refractivity contribution >= 4 is 27.0 Å². The lowest BCUT2D eigenvalue weighted by molar-refractivity contribution is -0.131. The smallest absolute Gasteiger partial charge is 0.388 e. The van der Waals surface area contributed by atoms with Gasteiger partial charge in [0, 0.05) is 12.8 Å². The Morgan fingerprint density at radius 1 is 0.610 bits per heavy atom. The van der Waals surface area contributed by atoms with E-state index < -0.39 is 89.6 Å². The highest BCUT2D eigenvalue weighted by atomic mass is 28.4. The summed E-state index contributed by atoms with van der Waals surface area (Å²) >= 11 is 0. The van der Waals surface area contributed by atoms with Crippen molar-refractivity contribution in [3.05, 3.63) is 72.7 Å². The first kappa shape index (κ1) is 34.3. The molecule has 0 heterocycles. The van der Waals surface area contributed by atoms with Gasteiger partial charge in [0.05, 0.1) is 0 Å². The Labute approximate surface area is 228 Å². The summed E-state index contributed by atoms with van der Waals surface area (Å²) in [5.74, 6) is -1.07. The molecule has 0 aromatic heterocycles. The minimum atomic E-state index is -4.73. The van der Waals surface area contributed by atoms with Gasteiger partial charge in [0.1, 0.15) is 11.5 Å². The van der Waals surface area contributed by atoms with Crippen LogP contribution >= 0.6 is 0 Å². The number of ether oxygens (including phenoxy) is 2. The summed E-state index contributed by atoms with van der Waals surface area (Å²) < 4.78 is 172. The Kier molecular flexibility index (Phi) is 11.2. The summed E-state index contributed by atoms with van der Waals surface area (Å²) in [4.78, 5) is 0. The molecule has 0 aliphatic rings. The normalized spacial score (nSPS) is 15.0. The molecule has 0 spiro atoms. The second-order valence-corrected chi connectivity index (χ2v) is 17.0. The summed E-state index contributed by atoms with van der Waals surface area (Å²) in [6, 6.07) is 2.71. The average Bonchev–Trinajstić information content (AvgIpc) is 2.86. The highest BCUT2D eigenvalue weighted by Gasteiger charge is 2.46. The van der Waals surface area contributed by atoms with Crippen LogP contribution in [0.2, 0.25) is 25.2 Å². The molecule has 17 heteroatoms. The van der Waals surface area contributed by atoms with Crippen LogP contribution in [-0.4, -0.2) is 29.0 Å². The summed E-state index contributed by atoms with van der Waals surface area (Å²) in [5, 5.41) is -0.0872. The molecule has 0 N–H and O–H groups in total. The first-order chi connectivity index (χ1) is 18.7. The molecule has 2 aromatic rings. The van der Waals surface area contributed by atoms with E-state index in [1.807, 2.05) is 0 Å². The lowest BCUT2D eigenvalue weighted by atomic mass is 10.3. The van der Waals surface area contributed by atoms with Gasteiger partial charge in [-0.1, -0.05) is 24.3 Å². The fourth-order valence-electron chi connectivity index (χ4n) is 3.83. The van der Waals surface area contributed by atoms with Crippen LogP contribution in [0.25, 0.3) is 0 Å². The summed E-state index contributed by atoms with van der Waals surface area (Å²) in [7, 11) is -8.01. The molecule has 0 bridgehead atoms. The molecule has 2 rings (SSSR count). The lowest BCUT2D eigenvalue weighted by Gasteiger charge is -2.39. The van der Waals surface area contributed by atoms with Crippen LogP contribution in [0.15, 0.2) is 72.7 Å².